The lowest BCUT2D eigenvalue weighted by Crippen LogP contribution is -2.44. The molecule has 0 spiro atoms. The van der Waals surface area contributed by atoms with Crippen LogP contribution in [0.1, 0.15) is 38.3 Å². The average Bonchev–Trinajstić information content (AvgIpc) is 3.44. The third kappa shape index (κ3) is 3.14. The van der Waals surface area contributed by atoms with E-state index in [0.29, 0.717) is 17.5 Å². The van der Waals surface area contributed by atoms with Crippen molar-refractivity contribution in [2.24, 2.45) is 17.1 Å². The first-order valence-electron chi connectivity index (χ1n) is 10.2. The summed E-state index contributed by atoms with van der Waals surface area (Å²) < 4.78 is 7.74. The van der Waals surface area contributed by atoms with Gasteiger partial charge in [0.15, 0.2) is 0 Å². The molecule has 4 N–H and O–H groups in total. The fraction of sp³-hybridized carbons (Fsp3) is 0.619. The zero-order chi connectivity index (χ0) is 21.1. The average molecular weight is 402 g/mol. The summed E-state index contributed by atoms with van der Waals surface area (Å²) in [6.45, 7) is 8.64. The lowest BCUT2D eigenvalue weighted by molar-refractivity contribution is 0.130. The number of fused-ring (bicyclic) bond motifs is 1. The molecule has 1 saturated heterocycles. The summed E-state index contributed by atoms with van der Waals surface area (Å²) in [4.78, 5) is 27.7. The van der Waals surface area contributed by atoms with Crippen molar-refractivity contribution < 1.29 is 4.74 Å². The van der Waals surface area contributed by atoms with E-state index in [0.717, 1.165) is 41.9 Å². The van der Waals surface area contributed by atoms with Crippen LogP contribution in [-0.4, -0.2) is 42.1 Å². The highest BCUT2D eigenvalue weighted by atomic mass is 16.5. The summed E-state index contributed by atoms with van der Waals surface area (Å²) in [5, 5.41) is 0.492. The highest BCUT2D eigenvalue weighted by Crippen LogP contribution is 2.42. The minimum Gasteiger partial charge on any atom is -0.383 e. The van der Waals surface area contributed by atoms with E-state index < -0.39 is 11.2 Å². The van der Waals surface area contributed by atoms with E-state index in [1.165, 1.54) is 0 Å². The van der Waals surface area contributed by atoms with Crippen LogP contribution in [-0.2, 0) is 4.74 Å². The van der Waals surface area contributed by atoms with Crippen LogP contribution in [0.5, 0.6) is 0 Å². The fourth-order valence-corrected chi connectivity index (χ4v) is 4.98. The van der Waals surface area contributed by atoms with E-state index >= 15 is 0 Å². The summed E-state index contributed by atoms with van der Waals surface area (Å²) in [7, 11) is 1.68. The van der Waals surface area contributed by atoms with E-state index in [4.69, 9.17) is 16.3 Å². The van der Waals surface area contributed by atoms with E-state index in [1.54, 1.807) is 17.7 Å². The van der Waals surface area contributed by atoms with Crippen LogP contribution in [0, 0.1) is 18.3 Å². The van der Waals surface area contributed by atoms with Gasteiger partial charge in [0, 0.05) is 43.9 Å². The third-order valence-corrected chi connectivity index (χ3v) is 6.65. The van der Waals surface area contributed by atoms with Crippen molar-refractivity contribution in [3.63, 3.8) is 0 Å². The summed E-state index contributed by atoms with van der Waals surface area (Å²) in [6, 6.07) is 3.85. The minimum absolute atomic E-state index is 0.0240. The van der Waals surface area contributed by atoms with E-state index in [2.05, 4.69) is 18.7 Å². The van der Waals surface area contributed by atoms with Crippen LogP contribution in [0.15, 0.2) is 21.7 Å². The summed E-state index contributed by atoms with van der Waals surface area (Å²) in [5.74, 6) is 6.05. The van der Waals surface area contributed by atoms with E-state index in [-0.39, 0.29) is 23.4 Å². The zero-order valence-corrected chi connectivity index (χ0v) is 17.6. The Morgan fingerprint density at radius 2 is 1.97 bits per heavy atom. The van der Waals surface area contributed by atoms with Gasteiger partial charge in [0.2, 0.25) is 0 Å². The molecule has 1 aromatic heterocycles. The lowest BCUT2D eigenvalue weighted by Gasteiger charge is -2.29. The third-order valence-electron chi connectivity index (χ3n) is 6.65. The number of hydrogen-bond donors (Lipinski definition) is 2. The summed E-state index contributed by atoms with van der Waals surface area (Å²) >= 11 is 0. The Bertz CT molecular complexity index is 1070. The molecular weight excluding hydrogens is 370 g/mol. The number of anilines is 1. The number of aromatic nitrogens is 2. The quantitative estimate of drug-likeness (QED) is 0.723. The lowest BCUT2D eigenvalue weighted by atomic mass is 9.78. The number of methoxy groups -OCH3 is 1. The van der Waals surface area contributed by atoms with Gasteiger partial charge in [-0.25, -0.2) is 4.79 Å². The number of nitrogen functional groups attached to an aromatic ring is 1. The maximum atomic E-state index is 12.7. The second-order valence-corrected chi connectivity index (χ2v) is 9.26. The van der Waals surface area contributed by atoms with Crippen LogP contribution >= 0.6 is 0 Å². The normalized spacial score (nSPS) is 22.4. The Morgan fingerprint density at radius 1 is 1.28 bits per heavy atom. The summed E-state index contributed by atoms with van der Waals surface area (Å²) in [6.07, 6.45) is 1.86. The molecule has 29 heavy (non-hydrogen) atoms. The second kappa shape index (κ2) is 6.88. The highest BCUT2D eigenvalue weighted by Gasteiger charge is 2.43. The van der Waals surface area contributed by atoms with Crippen molar-refractivity contribution in [3.8, 4) is 0 Å². The number of ether oxygens (including phenoxy) is 1. The van der Waals surface area contributed by atoms with E-state index in [9.17, 15) is 9.59 Å². The molecular formula is C21H31N5O3. The van der Waals surface area contributed by atoms with Crippen molar-refractivity contribution in [2.45, 2.75) is 45.7 Å². The molecule has 8 nitrogen and oxygen atoms in total. The number of nitrogens with zero attached hydrogens (tertiary/aromatic N) is 3. The first kappa shape index (κ1) is 20.0. The van der Waals surface area contributed by atoms with Crippen LogP contribution in [0.2, 0.25) is 0 Å². The number of benzene rings is 1. The predicted molar refractivity (Wildman–Crippen MR) is 115 cm³/mol. The summed E-state index contributed by atoms with van der Waals surface area (Å²) in [5.41, 5.74) is 8.25. The van der Waals surface area contributed by atoms with Gasteiger partial charge in [0.05, 0.1) is 17.5 Å². The largest absolute Gasteiger partial charge is 0.383 e. The van der Waals surface area contributed by atoms with Crippen LogP contribution in [0.3, 0.4) is 0 Å². The minimum atomic E-state index is -0.446. The number of hydrogen-bond acceptors (Lipinski definition) is 6. The Labute approximate surface area is 170 Å². The van der Waals surface area contributed by atoms with Gasteiger partial charge >= 0.3 is 5.69 Å². The fourth-order valence-electron chi connectivity index (χ4n) is 4.98. The number of rotatable bonds is 5. The number of aryl methyl sites for hydroxylation is 1. The Morgan fingerprint density at radius 3 is 2.59 bits per heavy atom. The van der Waals surface area contributed by atoms with Gasteiger partial charge in [0.25, 0.3) is 5.56 Å². The van der Waals surface area contributed by atoms with Gasteiger partial charge in [-0.15, -0.1) is 0 Å². The van der Waals surface area contributed by atoms with Crippen molar-refractivity contribution in [1.29, 1.82) is 0 Å². The van der Waals surface area contributed by atoms with E-state index in [1.807, 2.05) is 13.0 Å². The predicted octanol–water partition coefficient (Wildman–Crippen LogP) is 0.956. The highest BCUT2D eigenvalue weighted by molar-refractivity contribution is 5.87. The molecule has 4 rings (SSSR count). The maximum Gasteiger partial charge on any atom is 0.350 e. The molecule has 158 valence electrons. The van der Waals surface area contributed by atoms with Crippen molar-refractivity contribution in [2.75, 3.05) is 37.5 Å². The van der Waals surface area contributed by atoms with Crippen LogP contribution < -0.4 is 27.7 Å². The Balaban J connectivity index is 1.83. The van der Waals surface area contributed by atoms with Crippen molar-refractivity contribution in [3.05, 3.63) is 38.5 Å². The monoisotopic (exact) mass is 401 g/mol. The Hall–Kier alpha value is -2.32. The zero-order valence-electron chi connectivity index (χ0n) is 17.6. The molecule has 1 saturated carbocycles. The molecule has 2 aliphatic rings. The second-order valence-electron chi connectivity index (χ2n) is 9.26. The molecule has 2 aromatic rings. The molecule has 2 fully saturated rings. The molecule has 0 bridgehead atoms. The first-order valence-corrected chi connectivity index (χ1v) is 10.2. The molecule has 1 aromatic carbocycles. The van der Waals surface area contributed by atoms with Gasteiger partial charge in [-0.2, -0.15) is 4.68 Å². The maximum absolute atomic E-state index is 12.7. The molecule has 1 aliphatic heterocycles. The smallest absolute Gasteiger partial charge is 0.350 e. The molecule has 1 aliphatic carbocycles. The van der Waals surface area contributed by atoms with Crippen LogP contribution in [0.4, 0.5) is 5.69 Å². The topological polar surface area (TPSA) is 109 Å². The number of nitrogens with two attached hydrogens (primary N) is 2. The van der Waals surface area contributed by atoms with Crippen molar-refractivity contribution in [1.82, 2.24) is 9.24 Å². The molecule has 0 radical (unpaired) electrons. The molecule has 2 atom stereocenters. The van der Waals surface area contributed by atoms with Gasteiger partial charge in [-0.05, 0) is 42.9 Å². The molecule has 0 amide bonds. The standard InChI is InChI=1S/C21H31N5O3/c1-12-17(24-9-15(16(22)10-29-4)21(2,3)11-24)8-7-14-18(12)25(13-5-6-13)20(28)26(23)19(14)27/h7-8,13,15-16H,5-6,9-11,22-23H2,1-4H3/t15-,16+/m1/s1. The first-order chi connectivity index (χ1) is 13.7. The van der Waals surface area contributed by atoms with Gasteiger partial charge in [0.1, 0.15) is 0 Å². The Kier molecular flexibility index (Phi) is 4.74. The molecule has 2 heterocycles. The van der Waals surface area contributed by atoms with Gasteiger partial charge in [-0.3, -0.25) is 9.36 Å². The SMILES string of the molecule is COC[C@H](N)[C@H]1CN(c2ccc3c(=O)n(N)c(=O)n(C4CC4)c3c2C)CC1(C)C. The van der Waals surface area contributed by atoms with Gasteiger partial charge in [-0.1, -0.05) is 13.8 Å². The molecule has 8 heteroatoms. The van der Waals surface area contributed by atoms with Crippen LogP contribution in [0.25, 0.3) is 10.9 Å². The molecule has 0 unspecified atom stereocenters. The van der Waals surface area contributed by atoms with Crippen molar-refractivity contribution >= 4 is 16.6 Å². The van der Waals surface area contributed by atoms with Gasteiger partial charge < -0.3 is 21.2 Å².